The van der Waals surface area contributed by atoms with Crippen molar-refractivity contribution in [1.29, 1.82) is 0 Å². The van der Waals surface area contributed by atoms with Gasteiger partial charge >= 0.3 is 5.97 Å². The van der Waals surface area contributed by atoms with Gasteiger partial charge in [0.25, 0.3) is 5.56 Å². The van der Waals surface area contributed by atoms with Gasteiger partial charge < -0.3 is 9.47 Å². The standard InChI is InChI=1S/C20H19BrN2O4/c1-13(2)23-19(24)17-6-4-3-5-16(17)18(22-23)20(25)27-12-11-26-15-9-7-14(21)8-10-15/h3-10,13H,11-12H2,1-2H3. The molecule has 6 nitrogen and oxygen atoms in total. The Morgan fingerprint density at radius 3 is 2.41 bits per heavy atom. The predicted molar refractivity (Wildman–Crippen MR) is 106 cm³/mol. The Bertz CT molecular complexity index is 1010. The average molecular weight is 431 g/mol. The fourth-order valence-corrected chi connectivity index (χ4v) is 2.86. The summed E-state index contributed by atoms with van der Waals surface area (Å²) in [6.07, 6.45) is 0. The highest BCUT2D eigenvalue weighted by molar-refractivity contribution is 9.10. The minimum absolute atomic E-state index is 0.0751. The monoisotopic (exact) mass is 430 g/mol. The number of esters is 1. The van der Waals surface area contributed by atoms with Crippen LogP contribution in [0.2, 0.25) is 0 Å². The smallest absolute Gasteiger partial charge is 0.359 e. The van der Waals surface area contributed by atoms with Gasteiger partial charge in [0.2, 0.25) is 0 Å². The van der Waals surface area contributed by atoms with Crippen molar-refractivity contribution >= 4 is 32.7 Å². The van der Waals surface area contributed by atoms with E-state index in [4.69, 9.17) is 9.47 Å². The number of aromatic nitrogens is 2. The van der Waals surface area contributed by atoms with Crippen molar-refractivity contribution in [3.63, 3.8) is 0 Å². The molecule has 0 fully saturated rings. The fourth-order valence-electron chi connectivity index (χ4n) is 2.60. The van der Waals surface area contributed by atoms with Crippen molar-refractivity contribution in [2.45, 2.75) is 19.9 Å². The van der Waals surface area contributed by atoms with E-state index in [-0.39, 0.29) is 30.5 Å². The number of carbonyl (C=O) groups excluding carboxylic acids is 1. The van der Waals surface area contributed by atoms with Crippen molar-refractivity contribution in [1.82, 2.24) is 9.78 Å². The maximum absolute atomic E-state index is 12.5. The van der Waals surface area contributed by atoms with Crippen LogP contribution < -0.4 is 10.3 Å². The minimum atomic E-state index is -0.583. The first-order valence-corrected chi connectivity index (χ1v) is 9.33. The molecule has 0 radical (unpaired) electrons. The second-order valence-electron chi connectivity index (χ2n) is 6.18. The Balaban J connectivity index is 1.74. The zero-order valence-electron chi connectivity index (χ0n) is 15.0. The van der Waals surface area contributed by atoms with E-state index in [1.165, 1.54) is 4.68 Å². The summed E-state index contributed by atoms with van der Waals surface area (Å²) in [6.45, 7) is 3.97. The Kier molecular flexibility index (Phi) is 5.91. The molecule has 0 saturated heterocycles. The first-order chi connectivity index (χ1) is 13.0. The van der Waals surface area contributed by atoms with E-state index in [0.29, 0.717) is 16.5 Å². The number of hydrogen-bond acceptors (Lipinski definition) is 5. The Labute approximate surface area is 164 Å². The van der Waals surface area contributed by atoms with E-state index in [9.17, 15) is 9.59 Å². The average Bonchev–Trinajstić information content (AvgIpc) is 2.66. The summed E-state index contributed by atoms with van der Waals surface area (Å²) < 4.78 is 13.1. The van der Waals surface area contributed by atoms with Crippen LogP contribution in [0.3, 0.4) is 0 Å². The summed E-state index contributed by atoms with van der Waals surface area (Å²) >= 11 is 3.36. The first-order valence-electron chi connectivity index (χ1n) is 8.54. The lowest BCUT2D eigenvalue weighted by molar-refractivity contribution is 0.0443. The molecule has 0 aliphatic carbocycles. The molecule has 3 rings (SSSR count). The first kappa shape index (κ1) is 19.1. The van der Waals surface area contributed by atoms with Gasteiger partial charge in [-0.25, -0.2) is 9.48 Å². The van der Waals surface area contributed by atoms with Crippen LogP contribution in [-0.4, -0.2) is 29.0 Å². The van der Waals surface area contributed by atoms with Crippen LogP contribution in [0.5, 0.6) is 5.75 Å². The third-order valence-electron chi connectivity index (χ3n) is 3.91. The maximum atomic E-state index is 12.5. The summed E-state index contributed by atoms with van der Waals surface area (Å²) in [5.41, 5.74) is -0.0988. The third kappa shape index (κ3) is 4.36. The summed E-state index contributed by atoms with van der Waals surface area (Å²) in [7, 11) is 0. The number of hydrogen-bond donors (Lipinski definition) is 0. The van der Waals surface area contributed by atoms with E-state index in [0.717, 1.165) is 4.47 Å². The Morgan fingerprint density at radius 1 is 1.07 bits per heavy atom. The molecule has 0 unspecified atom stereocenters. The molecule has 0 amide bonds. The van der Waals surface area contributed by atoms with Gasteiger partial charge in [-0.3, -0.25) is 4.79 Å². The molecule has 1 aromatic heterocycles. The SMILES string of the molecule is CC(C)n1nc(C(=O)OCCOc2ccc(Br)cc2)c2ccccc2c1=O. The molecule has 1 heterocycles. The van der Waals surface area contributed by atoms with Crippen LogP contribution in [0.15, 0.2) is 57.8 Å². The Hall–Kier alpha value is -2.67. The van der Waals surface area contributed by atoms with Crippen molar-refractivity contribution in [2.24, 2.45) is 0 Å². The second-order valence-corrected chi connectivity index (χ2v) is 7.09. The molecule has 27 heavy (non-hydrogen) atoms. The summed E-state index contributed by atoms with van der Waals surface area (Å²) in [5, 5.41) is 5.16. The highest BCUT2D eigenvalue weighted by Crippen LogP contribution is 2.17. The topological polar surface area (TPSA) is 70.4 Å². The fraction of sp³-hybridized carbons (Fsp3) is 0.250. The van der Waals surface area contributed by atoms with Crippen LogP contribution in [0.4, 0.5) is 0 Å². The number of halogens is 1. The van der Waals surface area contributed by atoms with E-state index >= 15 is 0 Å². The van der Waals surface area contributed by atoms with Gasteiger partial charge in [0.15, 0.2) is 5.69 Å². The van der Waals surface area contributed by atoms with E-state index < -0.39 is 5.97 Å². The Morgan fingerprint density at radius 2 is 1.74 bits per heavy atom. The van der Waals surface area contributed by atoms with E-state index in [1.54, 1.807) is 24.3 Å². The largest absolute Gasteiger partial charge is 0.490 e. The van der Waals surface area contributed by atoms with Crippen molar-refractivity contribution in [3.8, 4) is 5.75 Å². The number of benzene rings is 2. The highest BCUT2D eigenvalue weighted by atomic mass is 79.9. The second kappa shape index (κ2) is 8.35. The van der Waals surface area contributed by atoms with Gasteiger partial charge in [0, 0.05) is 9.86 Å². The van der Waals surface area contributed by atoms with Gasteiger partial charge in [0.05, 0.1) is 11.4 Å². The number of fused-ring (bicyclic) bond motifs is 1. The normalized spacial score (nSPS) is 11.0. The third-order valence-corrected chi connectivity index (χ3v) is 4.44. The molecule has 0 aliphatic rings. The molecular formula is C20H19BrN2O4. The molecule has 3 aromatic rings. The lowest BCUT2D eigenvalue weighted by Gasteiger charge is -2.13. The van der Waals surface area contributed by atoms with Gasteiger partial charge in [-0.2, -0.15) is 5.10 Å². The molecule has 2 aromatic carbocycles. The molecule has 7 heteroatoms. The molecule has 140 valence electrons. The molecule has 0 aliphatic heterocycles. The zero-order valence-corrected chi connectivity index (χ0v) is 16.6. The van der Waals surface area contributed by atoms with Crippen LogP contribution in [0, 0.1) is 0 Å². The molecule has 0 spiro atoms. The number of carbonyl (C=O) groups is 1. The van der Waals surface area contributed by atoms with Crippen molar-refractivity contribution < 1.29 is 14.3 Å². The molecule has 0 bridgehead atoms. The van der Waals surface area contributed by atoms with Gasteiger partial charge in [0.1, 0.15) is 19.0 Å². The summed E-state index contributed by atoms with van der Waals surface area (Å²) in [5.74, 6) is 0.103. The quantitative estimate of drug-likeness (QED) is 0.436. The van der Waals surface area contributed by atoms with Crippen LogP contribution in [-0.2, 0) is 4.74 Å². The number of nitrogens with zero attached hydrogens (tertiary/aromatic N) is 2. The lowest BCUT2D eigenvalue weighted by atomic mass is 10.1. The lowest BCUT2D eigenvalue weighted by Crippen LogP contribution is -2.28. The van der Waals surface area contributed by atoms with Gasteiger partial charge in [-0.05, 0) is 44.2 Å². The van der Waals surface area contributed by atoms with Crippen LogP contribution >= 0.6 is 15.9 Å². The summed E-state index contributed by atoms with van der Waals surface area (Å²) in [6, 6.07) is 14.1. The van der Waals surface area contributed by atoms with Crippen LogP contribution in [0.1, 0.15) is 30.4 Å². The number of ether oxygens (including phenoxy) is 2. The van der Waals surface area contributed by atoms with Crippen molar-refractivity contribution in [3.05, 3.63) is 69.1 Å². The van der Waals surface area contributed by atoms with Crippen molar-refractivity contribution in [2.75, 3.05) is 13.2 Å². The molecule has 0 saturated carbocycles. The molecule has 0 N–H and O–H groups in total. The molecule has 0 atom stereocenters. The van der Waals surface area contributed by atoms with Gasteiger partial charge in [-0.15, -0.1) is 0 Å². The highest BCUT2D eigenvalue weighted by Gasteiger charge is 2.18. The summed E-state index contributed by atoms with van der Waals surface area (Å²) in [4.78, 5) is 25.0. The van der Waals surface area contributed by atoms with E-state index in [1.807, 2.05) is 38.1 Å². The van der Waals surface area contributed by atoms with E-state index in [2.05, 4.69) is 21.0 Å². The number of rotatable bonds is 6. The predicted octanol–water partition coefficient (Wildman–Crippen LogP) is 3.98. The molecular weight excluding hydrogens is 412 g/mol. The van der Waals surface area contributed by atoms with Gasteiger partial charge in [-0.1, -0.05) is 34.1 Å². The van der Waals surface area contributed by atoms with Crippen LogP contribution in [0.25, 0.3) is 10.8 Å². The zero-order chi connectivity index (χ0) is 19.4. The maximum Gasteiger partial charge on any atom is 0.359 e. The minimum Gasteiger partial charge on any atom is -0.490 e.